The van der Waals surface area contributed by atoms with Gasteiger partial charge in [0, 0.05) is 15.9 Å². The molecule has 0 spiro atoms. The maximum absolute atomic E-state index is 10.9. The summed E-state index contributed by atoms with van der Waals surface area (Å²) in [6, 6.07) is 9.12. The molecular weight excluding hydrogens is 282 g/mol. The molecule has 0 aliphatic carbocycles. The lowest BCUT2D eigenvalue weighted by Gasteiger charge is -2.12. The van der Waals surface area contributed by atoms with Gasteiger partial charge in [-0.2, -0.15) is 0 Å². The molecular formula is C13H12BrNO2. The van der Waals surface area contributed by atoms with Gasteiger partial charge in [-0.1, -0.05) is 0 Å². The average Bonchev–Trinajstić information content (AvgIpc) is 2.59. The zero-order chi connectivity index (χ0) is 12.6. The van der Waals surface area contributed by atoms with Crippen LogP contribution in [0.4, 0.5) is 0 Å². The molecule has 0 unspecified atom stereocenters. The molecule has 0 atom stereocenters. The molecule has 0 amide bonds. The first-order chi connectivity index (χ1) is 8.00. The highest BCUT2D eigenvalue weighted by Crippen LogP contribution is 2.25. The maximum Gasteiger partial charge on any atom is 0.335 e. The Morgan fingerprint density at radius 3 is 2.24 bits per heavy atom. The van der Waals surface area contributed by atoms with E-state index < -0.39 is 5.97 Å². The van der Waals surface area contributed by atoms with Crippen molar-refractivity contribution in [3.8, 4) is 5.69 Å². The topological polar surface area (TPSA) is 42.2 Å². The number of nitrogens with zero attached hydrogens (tertiary/aromatic N) is 1. The zero-order valence-electron chi connectivity index (χ0n) is 9.57. The summed E-state index contributed by atoms with van der Waals surface area (Å²) in [5.41, 5.74) is 3.47. The van der Waals surface area contributed by atoms with Crippen molar-refractivity contribution < 1.29 is 9.90 Å². The molecule has 0 aliphatic rings. The van der Waals surface area contributed by atoms with Crippen molar-refractivity contribution in [1.82, 2.24) is 4.57 Å². The van der Waals surface area contributed by atoms with Crippen LogP contribution < -0.4 is 0 Å². The summed E-state index contributed by atoms with van der Waals surface area (Å²) < 4.78 is 2.86. The Bertz CT molecular complexity index is 568. The Balaban J connectivity index is 2.58. The number of halogens is 1. The van der Waals surface area contributed by atoms with E-state index in [1.165, 1.54) is 0 Å². The monoisotopic (exact) mass is 293 g/mol. The molecule has 0 radical (unpaired) electrons. The summed E-state index contributed by atoms with van der Waals surface area (Å²) in [5.74, 6) is -0.918. The van der Waals surface area contributed by atoms with Gasteiger partial charge in [0.1, 0.15) is 0 Å². The minimum Gasteiger partial charge on any atom is -0.478 e. The minimum absolute atomic E-state index is 0.281. The standard InChI is InChI=1S/C13H12BrNO2/c1-8-3-4-9(2)15(8)12-6-5-10(13(16)17)7-11(12)14/h3-7H,1-2H3,(H,16,17). The zero-order valence-corrected chi connectivity index (χ0v) is 11.2. The molecule has 88 valence electrons. The second kappa shape index (κ2) is 4.37. The van der Waals surface area contributed by atoms with E-state index >= 15 is 0 Å². The first-order valence-electron chi connectivity index (χ1n) is 5.19. The van der Waals surface area contributed by atoms with Crippen molar-refractivity contribution in [2.75, 3.05) is 0 Å². The van der Waals surface area contributed by atoms with Crippen LogP contribution in [0.25, 0.3) is 5.69 Å². The number of hydrogen-bond donors (Lipinski definition) is 1. The van der Waals surface area contributed by atoms with E-state index in [4.69, 9.17) is 5.11 Å². The third-order valence-electron chi connectivity index (χ3n) is 2.71. The van der Waals surface area contributed by atoms with Gasteiger partial charge in [-0.3, -0.25) is 0 Å². The van der Waals surface area contributed by atoms with Gasteiger partial charge in [0.15, 0.2) is 0 Å². The molecule has 2 rings (SSSR count). The fourth-order valence-electron chi connectivity index (χ4n) is 1.87. The predicted octanol–water partition coefficient (Wildman–Crippen LogP) is 3.55. The van der Waals surface area contributed by atoms with Crippen LogP contribution >= 0.6 is 15.9 Å². The van der Waals surface area contributed by atoms with E-state index in [1.807, 2.05) is 32.0 Å². The van der Waals surface area contributed by atoms with Gasteiger partial charge in [-0.05, 0) is 60.1 Å². The molecule has 0 aliphatic heterocycles. The molecule has 1 heterocycles. The Kier molecular flexibility index (Phi) is 3.07. The van der Waals surface area contributed by atoms with Crippen molar-refractivity contribution >= 4 is 21.9 Å². The van der Waals surface area contributed by atoms with Crippen LogP contribution in [0.5, 0.6) is 0 Å². The molecule has 0 fully saturated rings. The van der Waals surface area contributed by atoms with E-state index in [-0.39, 0.29) is 5.56 Å². The van der Waals surface area contributed by atoms with Crippen LogP contribution in [0.15, 0.2) is 34.8 Å². The van der Waals surface area contributed by atoms with E-state index in [1.54, 1.807) is 12.1 Å². The first kappa shape index (κ1) is 11.9. The smallest absolute Gasteiger partial charge is 0.335 e. The largest absolute Gasteiger partial charge is 0.478 e. The maximum atomic E-state index is 10.9. The second-order valence-corrected chi connectivity index (χ2v) is 4.78. The van der Waals surface area contributed by atoms with Crippen LogP contribution in [0.2, 0.25) is 0 Å². The van der Waals surface area contributed by atoms with Gasteiger partial charge >= 0.3 is 5.97 Å². The molecule has 17 heavy (non-hydrogen) atoms. The van der Waals surface area contributed by atoms with Gasteiger partial charge in [-0.25, -0.2) is 4.79 Å². The van der Waals surface area contributed by atoms with Crippen LogP contribution in [0.1, 0.15) is 21.7 Å². The van der Waals surface area contributed by atoms with Gasteiger partial charge < -0.3 is 9.67 Å². The van der Waals surface area contributed by atoms with Crippen molar-refractivity contribution in [1.29, 1.82) is 0 Å². The summed E-state index contributed by atoms with van der Waals surface area (Å²) in [7, 11) is 0. The Morgan fingerprint density at radius 1 is 1.18 bits per heavy atom. The molecule has 0 bridgehead atoms. The normalized spacial score (nSPS) is 10.5. The summed E-state index contributed by atoms with van der Waals surface area (Å²) >= 11 is 3.42. The van der Waals surface area contributed by atoms with E-state index in [9.17, 15) is 4.79 Å². The molecule has 0 saturated heterocycles. The number of carbonyl (C=O) groups is 1. The van der Waals surface area contributed by atoms with Crippen LogP contribution in [-0.2, 0) is 0 Å². The summed E-state index contributed by atoms with van der Waals surface area (Å²) in [6.07, 6.45) is 0. The predicted molar refractivity (Wildman–Crippen MR) is 69.9 cm³/mol. The van der Waals surface area contributed by atoms with E-state index in [2.05, 4.69) is 20.5 Å². The number of aromatic nitrogens is 1. The molecule has 1 aromatic heterocycles. The second-order valence-electron chi connectivity index (χ2n) is 3.92. The number of benzene rings is 1. The number of aromatic carboxylic acids is 1. The minimum atomic E-state index is -0.918. The third kappa shape index (κ3) is 2.13. The van der Waals surface area contributed by atoms with E-state index in [0.717, 1.165) is 21.5 Å². The van der Waals surface area contributed by atoms with Crippen molar-refractivity contribution in [2.24, 2.45) is 0 Å². The van der Waals surface area contributed by atoms with Crippen LogP contribution in [0.3, 0.4) is 0 Å². The number of carboxylic acids is 1. The summed E-state index contributed by atoms with van der Waals surface area (Å²) in [5, 5.41) is 8.91. The Hall–Kier alpha value is -1.55. The lowest BCUT2D eigenvalue weighted by atomic mass is 10.2. The quantitative estimate of drug-likeness (QED) is 0.920. The van der Waals surface area contributed by atoms with Gasteiger partial charge in [0.25, 0.3) is 0 Å². The fraction of sp³-hybridized carbons (Fsp3) is 0.154. The van der Waals surface area contributed by atoms with Crippen LogP contribution in [-0.4, -0.2) is 15.6 Å². The highest BCUT2D eigenvalue weighted by atomic mass is 79.9. The molecule has 4 heteroatoms. The molecule has 2 aromatic rings. The van der Waals surface area contributed by atoms with Gasteiger partial charge in [0.05, 0.1) is 11.3 Å². The fourth-order valence-corrected chi connectivity index (χ4v) is 2.43. The summed E-state index contributed by atoms with van der Waals surface area (Å²) in [4.78, 5) is 10.9. The SMILES string of the molecule is Cc1ccc(C)n1-c1ccc(C(=O)O)cc1Br. The van der Waals surface area contributed by atoms with E-state index in [0.29, 0.717) is 0 Å². The lowest BCUT2D eigenvalue weighted by Crippen LogP contribution is -2.02. The highest BCUT2D eigenvalue weighted by molar-refractivity contribution is 9.10. The van der Waals surface area contributed by atoms with Gasteiger partial charge in [-0.15, -0.1) is 0 Å². The number of carboxylic acid groups (broad SMARTS) is 1. The highest BCUT2D eigenvalue weighted by Gasteiger charge is 2.10. The molecule has 3 nitrogen and oxygen atoms in total. The number of aryl methyl sites for hydroxylation is 2. The lowest BCUT2D eigenvalue weighted by molar-refractivity contribution is 0.0697. The molecule has 1 N–H and O–H groups in total. The third-order valence-corrected chi connectivity index (χ3v) is 3.34. The van der Waals surface area contributed by atoms with Crippen molar-refractivity contribution in [2.45, 2.75) is 13.8 Å². The Labute approximate surface area is 108 Å². The van der Waals surface area contributed by atoms with Crippen LogP contribution in [0, 0.1) is 13.8 Å². The molecule has 1 aromatic carbocycles. The van der Waals surface area contributed by atoms with Crippen molar-refractivity contribution in [3.05, 3.63) is 51.8 Å². The number of hydrogen-bond acceptors (Lipinski definition) is 1. The van der Waals surface area contributed by atoms with Crippen molar-refractivity contribution in [3.63, 3.8) is 0 Å². The Morgan fingerprint density at radius 2 is 1.76 bits per heavy atom. The average molecular weight is 294 g/mol. The first-order valence-corrected chi connectivity index (χ1v) is 5.98. The van der Waals surface area contributed by atoms with Gasteiger partial charge in [0.2, 0.25) is 0 Å². The number of rotatable bonds is 2. The summed E-state index contributed by atoms with van der Waals surface area (Å²) in [6.45, 7) is 4.04. The molecule has 0 saturated carbocycles.